The first-order valence-electron chi connectivity index (χ1n) is 8.80. The van der Waals surface area contributed by atoms with Crippen molar-refractivity contribution in [2.24, 2.45) is 5.92 Å². The van der Waals surface area contributed by atoms with Crippen molar-refractivity contribution < 1.29 is 4.79 Å². The third kappa shape index (κ3) is 4.48. The summed E-state index contributed by atoms with van der Waals surface area (Å²) in [5, 5.41) is 11.5. The monoisotopic (exact) mass is 358 g/mol. The number of carbonyl (C=O) groups is 1. The van der Waals surface area contributed by atoms with Crippen LogP contribution in [0.3, 0.4) is 0 Å². The smallest absolute Gasteiger partial charge is 0.229 e. The van der Waals surface area contributed by atoms with Gasteiger partial charge in [-0.05, 0) is 43.0 Å². The molecular formula is C19H23ClN4O. The van der Waals surface area contributed by atoms with E-state index in [0.29, 0.717) is 11.7 Å². The number of piperidine rings is 1. The Morgan fingerprint density at radius 2 is 2.12 bits per heavy atom. The minimum atomic E-state index is -0.0547. The van der Waals surface area contributed by atoms with Crippen LogP contribution in [0.5, 0.6) is 0 Å². The SMILES string of the molecule is CCCc1ccccc1NC(=O)[C@H]1CCCN(c2ccc(Cl)nn2)C1. The highest BCUT2D eigenvalue weighted by Gasteiger charge is 2.27. The minimum Gasteiger partial charge on any atom is -0.354 e. The van der Waals surface area contributed by atoms with Crippen LogP contribution in [0.15, 0.2) is 36.4 Å². The maximum Gasteiger partial charge on any atom is 0.229 e. The van der Waals surface area contributed by atoms with Crippen LogP contribution >= 0.6 is 11.6 Å². The molecule has 5 nitrogen and oxygen atoms in total. The number of carbonyl (C=O) groups excluding carboxylic acids is 1. The Morgan fingerprint density at radius 1 is 1.28 bits per heavy atom. The molecule has 1 fully saturated rings. The highest BCUT2D eigenvalue weighted by Crippen LogP contribution is 2.24. The largest absolute Gasteiger partial charge is 0.354 e. The second kappa shape index (κ2) is 8.30. The number of rotatable bonds is 5. The molecule has 0 unspecified atom stereocenters. The van der Waals surface area contributed by atoms with Crippen molar-refractivity contribution in [1.82, 2.24) is 10.2 Å². The fourth-order valence-electron chi connectivity index (χ4n) is 3.24. The maximum atomic E-state index is 12.8. The zero-order valence-corrected chi connectivity index (χ0v) is 15.2. The molecule has 0 saturated carbocycles. The van der Waals surface area contributed by atoms with Gasteiger partial charge in [0.2, 0.25) is 5.91 Å². The molecule has 0 spiro atoms. The summed E-state index contributed by atoms with van der Waals surface area (Å²) in [6.45, 7) is 3.68. The van der Waals surface area contributed by atoms with Gasteiger partial charge in [-0.15, -0.1) is 10.2 Å². The number of amides is 1. The Kier molecular flexibility index (Phi) is 5.87. The van der Waals surface area contributed by atoms with E-state index in [1.807, 2.05) is 24.3 Å². The van der Waals surface area contributed by atoms with Gasteiger partial charge in [0.15, 0.2) is 11.0 Å². The predicted octanol–water partition coefficient (Wildman–Crippen LogP) is 3.94. The summed E-state index contributed by atoms with van der Waals surface area (Å²) < 4.78 is 0. The molecule has 0 bridgehead atoms. The molecule has 2 aromatic rings. The van der Waals surface area contributed by atoms with Crippen LogP contribution in [0.25, 0.3) is 0 Å². The van der Waals surface area contributed by atoms with E-state index in [0.717, 1.165) is 43.7 Å². The van der Waals surface area contributed by atoms with Crippen LogP contribution in [0.4, 0.5) is 11.5 Å². The predicted molar refractivity (Wildman–Crippen MR) is 101 cm³/mol. The van der Waals surface area contributed by atoms with Crippen molar-refractivity contribution in [2.45, 2.75) is 32.6 Å². The molecule has 3 rings (SSSR count). The van der Waals surface area contributed by atoms with Crippen LogP contribution in [0, 0.1) is 5.92 Å². The van der Waals surface area contributed by atoms with Gasteiger partial charge in [-0.3, -0.25) is 4.79 Å². The van der Waals surface area contributed by atoms with Crippen molar-refractivity contribution in [2.75, 3.05) is 23.3 Å². The molecule has 1 atom stereocenters. The molecule has 1 aromatic carbocycles. The summed E-state index contributed by atoms with van der Waals surface area (Å²) in [6.07, 6.45) is 3.87. The van der Waals surface area contributed by atoms with E-state index < -0.39 is 0 Å². The molecule has 0 aliphatic carbocycles. The molecule has 1 aromatic heterocycles. The lowest BCUT2D eigenvalue weighted by Crippen LogP contribution is -2.41. The number of nitrogens with one attached hydrogen (secondary N) is 1. The second-order valence-electron chi connectivity index (χ2n) is 6.40. The zero-order chi connectivity index (χ0) is 17.6. The molecule has 25 heavy (non-hydrogen) atoms. The average molecular weight is 359 g/mol. The van der Waals surface area contributed by atoms with E-state index in [1.165, 1.54) is 5.56 Å². The number of para-hydroxylation sites is 1. The van der Waals surface area contributed by atoms with Crippen molar-refractivity contribution in [3.63, 3.8) is 0 Å². The summed E-state index contributed by atoms with van der Waals surface area (Å²) in [7, 11) is 0. The van der Waals surface area contributed by atoms with Gasteiger partial charge in [-0.2, -0.15) is 0 Å². The topological polar surface area (TPSA) is 58.1 Å². The van der Waals surface area contributed by atoms with Crippen molar-refractivity contribution >= 4 is 29.0 Å². The summed E-state index contributed by atoms with van der Waals surface area (Å²) >= 11 is 5.80. The van der Waals surface area contributed by atoms with Gasteiger partial charge in [0.25, 0.3) is 0 Å². The van der Waals surface area contributed by atoms with E-state index in [4.69, 9.17) is 11.6 Å². The van der Waals surface area contributed by atoms with Crippen molar-refractivity contribution in [3.05, 3.63) is 47.1 Å². The van der Waals surface area contributed by atoms with Gasteiger partial charge in [-0.25, -0.2) is 0 Å². The molecule has 1 aliphatic rings. The lowest BCUT2D eigenvalue weighted by atomic mass is 9.96. The Morgan fingerprint density at radius 3 is 2.88 bits per heavy atom. The third-order valence-corrected chi connectivity index (χ3v) is 4.73. The lowest BCUT2D eigenvalue weighted by molar-refractivity contribution is -0.120. The number of aryl methyl sites for hydroxylation is 1. The molecule has 0 radical (unpaired) electrons. The standard InChI is InChI=1S/C19H23ClN4O/c1-2-6-14-7-3-4-9-16(14)21-19(25)15-8-5-12-24(13-15)18-11-10-17(20)22-23-18/h3-4,7,9-11,15H,2,5-6,8,12-13H2,1H3,(H,21,25)/t15-/m0/s1. The van der Waals surface area contributed by atoms with E-state index in [2.05, 4.69) is 33.4 Å². The average Bonchev–Trinajstić information content (AvgIpc) is 2.64. The molecular weight excluding hydrogens is 336 g/mol. The Hall–Kier alpha value is -2.14. The number of benzene rings is 1. The normalized spacial score (nSPS) is 17.4. The number of anilines is 2. The minimum absolute atomic E-state index is 0.0547. The van der Waals surface area contributed by atoms with Crippen LogP contribution in [-0.4, -0.2) is 29.2 Å². The molecule has 1 aliphatic heterocycles. The van der Waals surface area contributed by atoms with Gasteiger partial charge in [-0.1, -0.05) is 43.1 Å². The molecule has 132 valence electrons. The second-order valence-corrected chi connectivity index (χ2v) is 6.78. The zero-order valence-electron chi connectivity index (χ0n) is 14.4. The van der Waals surface area contributed by atoms with Crippen LogP contribution in [0.1, 0.15) is 31.7 Å². The molecule has 1 N–H and O–H groups in total. The van der Waals surface area contributed by atoms with Crippen molar-refractivity contribution in [1.29, 1.82) is 0 Å². The Balaban J connectivity index is 1.67. The van der Waals surface area contributed by atoms with Crippen LogP contribution < -0.4 is 10.2 Å². The van der Waals surface area contributed by atoms with Gasteiger partial charge in [0.1, 0.15) is 0 Å². The highest BCUT2D eigenvalue weighted by atomic mass is 35.5. The summed E-state index contributed by atoms with van der Waals surface area (Å²) in [5.41, 5.74) is 2.12. The number of nitrogens with zero attached hydrogens (tertiary/aromatic N) is 3. The quantitative estimate of drug-likeness (QED) is 0.879. The van der Waals surface area contributed by atoms with Gasteiger partial charge >= 0.3 is 0 Å². The van der Waals surface area contributed by atoms with Crippen LogP contribution in [0.2, 0.25) is 5.15 Å². The first-order valence-corrected chi connectivity index (χ1v) is 9.18. The van der Waals surface area contributed by atoms with Crippen molar-refractivity contribution in [3.8, 4) is 0 Å². The van der Waals surface area contributed by atoms with E-state index in [-0.39, 0.29) is 11.8 Å². The van der Waals surface area contributed by atoms with E-state index in [1.54, 1.807) is 6.07 Å². The van der Waals surface area contributed by atoms with Gasteiger partial charge in [0, 0.05) is 18.8 Å². The summed E-state index contributed by atoms with van der Waals surface area (Å²) in [4.78, 5) is 14.9. The fraction of sp³-hybridized carbons (Fsp3) is 0.421. The fourth-order valence-corrected chi connectivity index (χ4v) is 3.34. The Bertz CT molecular complexity index is 720. The lowest BCUT2D eigenvalue weighted by Gasteiger charge is -2.32. The number of aromatic nitrogens is 2. The van der Waals surface area contributed by atoms with Crippen LogP contribution in [-0.2, 0) is 11.2 Å². The number of hydrogen-bond acceptors (Lipinski definition) is 4. The first-order chi connectivity index (χ1) is 12.2. The van der Waals surface area contributed by atoms with Gasteiger partial charge < -0.3 is 10.2 Å². The molecule has 1 saturated heterocycles. The summed E-state index contributed by atoms with van der Waals surface area (Å²) in [5.74, 6) is 0.796. The molecule has 2 heterocycles. The first kappa shape index (κ1) is 17.7. The number of halogens is 1. The van der Waals surface area contributed by atoms with Gasteiger partial charge in [0.05, 0.1) is 5.92 Å². The van der Waals surface area contributed by atoms with E-state index >= 15 is 0 Å². The molecule has 6 heteroatoms. The maximum absolute atomic E-state index is 12.8. The summed E-state index contributed by atoms with van der Waals surface area (Å²) in [6, 6.07) is 11.6. The third-order valence-electron chi connectivity index (χ3n) is 4.53. The Labute approximate surface area is 153 Å². The highest BCUT2D eigenvalue weighted by molar-refractivity contribution is 6.29. The molecule has 1 amide bonds. The van der Waals surface area contributed by atoms with E-state index in [9.17, 15) is 4.79 Å². The number of hydrogen-bond donors (Lipinski definition) is 1.